The summed E-state index contributed by atoms with van der Waals surface area (Å²) in [7, 11) is 0. The van der Waals surface area contributed by atoms with Gasteiger partial charge in [-0.3, -0.25) is 4.79 Å². The Hall–Kier alpha value is 0.200. The molecule has 1 N–H and O–H groups in total. The second-order valence-corrected chi connectivity index (χ2v) is 1.91. The largest absolute Gasteiger partial charge is 0.481 e. The summed E-state index contributed by atoms with van der Waals surface area (Å²) in [4.78, 5) is 9.59. The molecule has 2 nitrogen and oxygen atoms in total. The lowest BCUT2D eigenvalue weighted by Gasteiger charge is -1.78. The molecule has 8 heavy (non-hydrogen) atoms. The van der Waals surface area contributed by atoms with Gasteiger partial charge in [-0.2, -0.15) is 0 Å². The minimum Gasteiger partial charge on any atom is -0.481 e. The first-order chi connectivity index (χ1) is 3.77. The van der Waals surface area contributed by atoms with Crippen LogP contribution >= 0.6 is 22.6 Å². The van der Waals surface area contributed by atoms with Crippen LogP contribution in [0.3, 0.4) is 0 Å². The molecule has 0 radical (unpaired) electrons. The monoisotopic (exact) mass is 230 g/mol. The molecule has 0 aliphatic heterocycles. The Morgan fingerprint density at radius 1 is 1.62 bits per heavy atom. The molecule has 0 heterocycles. The Morgan fingerprint density at radius 2 is 2.00 bits per heavy atom. The normalized spacial score (nSPS) is 6.88. The number of carboxylic acid groups (broad SMARTS) is 1. The second-order valence-electron chi connectivity index (χ2n) is 0.833. The Balaban J connectivity index is 0. The number of hydrogen-bond donors (Lipinski definition) is 1. The molecule has 50 valence electrons. The quantitative estimate of drug-likeness (QED) is 0.581. The van der Waals surface area contributed by atoms with E-state index in [1.54, 1.807) is 0 Å². The lowest BCUT2D eigenvalue weighted by Crippen LogP contribution is -1.92. The van der Waals surface area contributed by atoms with Gasteiger partial charge in [0.1, 0.15) is 0 Å². The van der Waals surface area contributed by atoms with Crippen LogP contribution in [0.4, 0.5) is 0 Å². The SMILES string of the molecule is CC.O=C(O)CCI. The zero-order valence-electron chi connectivity index (χ0n) is 5.15. The summed E-state index contributed by atoms with van der Waals surface area (Å²) in [5, 5.41) is 7.91. The van der Waals surface area contributed by atoms with E-state index < -0.39 is 5.97 Å². The number of aliphatic carboxylic acids is 1. The highest BCUT2D eigenvalue weighted by atomic mass is 127. The molecule has 0 aliphatic carbocycles. The third-order valence-electron chi connectivity index (χ3n) is 0.308. The topological polar surface area (TPSA) is 37.3 Å². The fourth-order valence-electron chi connectivity index (χ4n) is 0.0808. The summed E-state index contributed by atoms with van der Waals surface area (Å²) in [5.74, 6) is -0.718. The molecule has 0 aromatic heterocycles. The lowest BCUT2D eigenvalue weighted by atomic mass is 10.5. The molecule has 0 atom stereocenters. The Labute approximate surface area is 63.4 Å². The molecule has 0 aromatic rings. The van der Waals surface area contributed by atoms with Gasteiger partial charge in [0.05, 0.1) is 6.42 Å². The predicted octanol–water partition coefficient (Wildman–Crippen LogP) is 1.92. The molecular weight excluding hydrogens is 219 g/mol. The van der Waals surface area contributed by atoms with E-state index in [9.17, 15) is 4.79 Å². The molecule has 0 rings (SSSR count). The number of carboxylic acids is 1. The minimum absolute atomic E-state index is 0.278. The van der Waals surface area contributed by atoms with Gasteiger partial charge in [-0.25, -0.2) is 0 Å². The van der Waals surface area contributed by atoms with Crippen LogP contribution in [0.25, 0.3) is 0 Å². The fraction of sp³-hybridized carbons (Fsp3) is 0.800. The highest BCUT2D eigenvalue weighted by Gasteiger charge is 1.88. The highest BCUT2D eigenvalue weighted by molar-refractivity contribution is 14.1. The molecule has 0 unspecified atom stereocenters. The van der Waals surface area contributed by atoms with Crippen molar-refractivity contribution in [1.82, 2.24) is 0 Å². The van der Waals surface area contributed by atoms with Crippen LogP contribution in [0.1, 0.15) is 20.3 Å². The molecule has 3 heteroatoms. The summed E-state index contributed by atoms with van der Waals surface area (Å²) in [5.41, 5.74) is 0. The first-order valence-electron chi connectivity index (χ1n) is 2.55. The van der Waals surface area contributed by atoms with Gasteiger partial charge in [0.15, 0.2) is 0 Å². The number of halogens is 1. The van der Waals surface area contributed by atoms with E-state index in [0.29, 0.717) is 4.43 Å². The Kier molecular flexibility index (Phi) is 14.1. The van der Waals surface area contributed by atoms with Gasteiger partial charge in [0.2, 0.25) is 0 Å². The van der Waals surface area contributed by atoms with Crippen molar-refractivity contribution >= 4 is 28.6 Å². The van der Waals surface area contributed by atoms with Gasteiger partial charge in [0, 0.05) is 4.43 Å². The third-order valence-corrected chi connectivity index (χ3v) is 0.848. The minimum atomic E-state index is -0.718. The van der Waals surface area contributed by atoms with Crippen LogP contribution in [0.15, 0.2) is 0 Å². The van der Waals surface area contributed by atoms with Crippen molar-refractivity contribution in [3.05, 3.63) is 0 Å². The van der Waals surface area contributed by atoms with Crippen molar-refractivity contribution < 1.29 is 9.90 Å². The standard InChI is InChI=1S/C3H5IO2.C2H6/c4-2-1-3(5)6;1-2/h1-2H2,(H,5,6);1-2H3. The first-order valence-corrected chi connectivity index (χ1v) is 4.07. The predicted molar refractivity (Wildman–Crippen MR) is 42.5 cm³/mol. The third kappa shape index (κ3) is 16.4. The fourth-order valence-corrected chi connectivity index (χ4v) is 0.542. The molecule has 0 aliphatic rings. The van der Waals surface area contributed by atoms with Crippen molar-refractivity contribution in [2.24, 2.45) is 0 Å². The van der Waals surface area contributed by atoms with Crippen LogP contribution in [-0.4, -0.2) is 15.5 Å². The van der Waals surface area contributed by atoms with Crippen LogP contribution in [0.2, 0.25) is 0 Å². The van der Waals surface area contributed by atoms with E-state index in [2.05, 4.69) is 0 Å². The van der Waals surface area contributed by atoms with E-state index in [1.807, 2.05) is 36.4 Å². The number of alkyl halides is 1. The smallest absolute Gasteiger partial charge is 0.304 e. The zero-order valence-corrected chi connectivity index (χ0v) is 7.31. The van der Waals surface area contributed by atoms with Crippen molar-refractivity contribution in [2.75, 3.05) is 4.43 Å². The highest BCUT2D eigenvalue weighted by Crippen LogP contribution is 1.85. The van der Waals surface area contributed by atoms with Gasteiger partial charge in [-0.05, 0) is 0 Å². The molecule has 0 fully saturated rings. The molecule has 0 spiro atoms. The maximum Gasteiger partial charge on any atom is 0.304 e. The summed E-state index contributed by atoms with van der Waals surface area (Å²) in [6.45, 7) is 4.00. The molecule has 0 saturated heterocycles. The van der Waals surface area contributed by atoms with E-state index in [0.717, 1.165) is 0 Å². The van der Waals surface area contributed by atoms with Gasteiger partial charge in [-0.15, -0.1) is 0 Å². The molecule has 0 aromatic carbocycles. The molecular formula is C5H11IO2. The number of rotatable bonds is 2. The average molecular weight is 230 g/mol. The van der Waals surface area contributed by atoms with Crippen molar-refractivity contribution in [1.29, 1.82) is 0 Å². The second kappa shape index (κ2) is 10.2. The van der Waals surface area contributed by atoms with Crippen molar-refractivity contribution in [2.45, 2.75) is 20.3 Å². The van der Waals surface area contributed by atoms with E-state index in [-0.39, 0.29) is 6.42 Å². The van der Waals surface area contributed by atoms with Gasteiger partial charge < -0.3 is 5.11 Å². The zero-order chi connectivity index (χ0) is 6.99. The Bertz CT molecular complexity index is 54.4. The van der Waals surface area contributed by atoms with Crippen LogP contribution in [0, 0.1) is 0 Å². The maximum atomic E-state index is 9.59. The number of carbonyl (C=O) groups is 1. The van der Waals surface area contributed by atoms with Gasteiger partial charge in [-0.1, -0.05) is 36.4 Å². The van der Waals surface area contributed by atoms with Gasteiger partial charge in [0.25, 0.3) is 0 Å². The van der Waals surface area contributed by atoms with Crippen LogP contribution in [-0.2, 0) is 4.79 Å². The van der Waals surface area contributed by atoms with Crippen molar-refractivity contribution in [3.63, 3.8) is 0 Å². The van der Waals surface area contributed by atoms with Crippen LogP contribution in [0.5, 0.6) is 0 Å². The summed E-state index contributed by atoms with van der Waals surface area (Å²) >= 11 is 2.02. The van der Waals surface area contributed by atoms with Crippen LogP contribution < -0.4 is 0 Å². The lowest BCUT2D eigenvalue weighted by molar-refractivity contribution is -0.136. The van der Waals surface area contributed by atoms with Crippen molar-refractivity contribution in [3.8, 4) is 0 Å². The molecule has 0 saturated carbocycles. The summed E-state index contributed by atoms with van der Waals surface area (Å²) < 4.78 is 0.701. The molecule has 0 bridgehead atoms. The summed E-state index contributed by atoms with van der Waals surface area (Å²) in [6, 6.07) is 0. The van der Waals surface area contributed by atoms with E-state index in [4.69, 9.17) is 5.11 Å². The average Bonchev–Trinajstić information content (AvgIpc) is 1.72. The van der Waals surface area contributed by atoms with Gasteiger partial charge >= 0.3 is 5.97 Å². The first kappa shape index (κ1) is 11.1. The van der Waals surface area contributed by atoms with E-state index in [1.165, 1.54) is 0 Å². The Morgan fingerprint density at radius 3 is 2.00 bits per heavy atom. The van der Waals surface area contributed by atoms with E-state index >= 15 is 0 Å². The molecule has 0 amide bonds. The summed E-state index contributed by atoms with van der Waals surface area (Å²) in [6.07, 6.45) is 0.278. The maximum absolute atomic E-state index is 9.59. The number of hydrogen-bond acceptors (Lipinski definition) is 1.